The molecule has 0 heterocycles. The van der Waals surface area contributed by atoms with Crippen LogP contribution >= 0.6 is 11.6 Å². The highest BCUT2D eigenvalue weighted by Crippen LogP contribution is 2.23. The molecule has 2 heteroatoms. The number of hydrogen-bond acceptors (Lipinski definition) is 1. The van der Waals surface area contributed by atoms with Crippen LogP contribution in [0.15, 0.2) is 36.4 Å². The molecule has 0 aromatic heterocycles. The molecule has 88 valence electrons. The zero-order chi connectivity index (χ0) is 12.0. The third kappa shape index (κ3) is 3.99. The van der Waals surface area contributed by atoms with Crippen molar-refractivity contribution < 1.29 is 0 Å². The van der Waals surface area contributed by atoms with E-state index in [1.54, 1.807) is 0 Å². The molecule has 0 spiro atoms. The van der Waals surface area contributed by atoms with Gasteiger partial charge in [0, 0.05) is 11.1 Å². The van der Waals surface area contributed by atoms with E-state index in [1.165, 1.54) is 11.1 Å². The van der Waals surface area contributed by atoms with Gasteiger partial charge in [-0.2, -0.15) is 0 Å². The molecule has 0 saturated heterocycles. The Morgan fingerprint density at radius 1 is 1.31 bits per heavy atom. The normalized spacial score (nSPS) is 12.4. The molecule has 0 bridgehead atoms. The van der Waals surface area contributed by atoms with Gasteiger partial charge < -0.3 is 5.32 Å². The van der Waals surface area contributed by atoms with Crippen LogP contribution in [0.3, 0.4) is 0 Å². The van der Waals surface area contributed by atoms with E-state index in [0.29, 0.717) is 6.04 Å². The summed E-state index contributed by atoms with van der Waals surface area (Å²) in [5.41, 5.74) is 2.56. The molecule has 1 rings (SSSR count). The lowest BCUT2D eigenvalue weighted by Crippen LogP contribution is -2.21. The van der Waals surface area contributed by atoms with Crippen molar-refractivity contribution >= 4 is 11.6 Å². The number of hydrogen-bond donors (Lipinski definition) is 1. The maximum atomic E-state index is 5.89. The van der Waals surface area contributed by atoms with Gasteiger partial charge in [-0.3, -0.25) is 0 Å². The molecular weight excluding hydrogens is 218 g/mol. The summed E-state index contributed by atoms with van der Waals surface area (Å²) in [7, 11) is 0. The van der Waals surface area contributed by atoms with Crippen molar-refractivity contribution in [2.75, 3.05) is 6.54 Å². The van der Waals surface area contributed by atoms with Crippen molar-refractivity contribution in [3.63, 3.8) is 0 Å². The minimum Gasteiger partial charge on any atom is -0.310 e. The van der Waals surface area contributed by atoms with Crippen molar-refractivity contribution in [1.82, 2.24) is 5.32 Å². The number of rotatable bonds is 6. The largest absolute Gasteiger partial charge is 0.310 e. The second-order valence-electron chi connectivity index (χ2n) is 3.97. The summed E-state index contributed by atoms with van der Waals surface area (Å²) < 4.78 is 0. The molecule has 1 aromatic carbocycles. The van der Waals surface area contributed by atoms with Crippen molar-refractivity contribution in [1.29, 1.82) is 0 Å². The number of nitrogens with one attached hydrogen (secondary N) is 1. The smallest absolute Gasteiger partial charge is 0.0406 e. The Bertz CT molecular complexity index is 329. The monoisotopic (exact) mass is 237 g/mol. The summed E-state index contributed by atoms with van der Waals surface area (Å²) in [5.74, 6) is 0. The first kappa shape index (κ1) is 13.3. The zero-order valence-corrected chi connectivity index (χ0v) is 10.8. The fourth-order valence-corrected chi connectivity index (χ4v) is 1.81. The topological polar surface area (TPSA) is 12.0 Å². The van der Waals surface area contributed by atoms with E-state index in [2.05, 4.69) is 37.9 Å². The van der Waals surface area contributed by atoms with Crippen LogP contribution in [0.5, 0.6) is 0 Å². The van der Waals surface area contributed by atoms with Gasteiger partial charge in [0.2, 0.25) is 0 Å². The van der Waals surface area contributed by atoms with Crippen LogP contribution < -0.4 is 5.32 Å². The summed E-state index contributed by atoms with van der Waals surface area (Å²) >= 11 is 5.89. The van der Waals surface area contributed by atoms with E-state index in [4.69, 9.17) is 11.6 Å². The third-order valence-corrected chi connectivity index (χ3v) is 2.97. The average Bonchev–Trinajstić information content (AvgIpc) is 2.29. The van der Waals surface area contributed by atoms with Gasteiger partial charge in [0.15, 0.2) is 0 Å². The Morgan fingerprint density at radius 3 is 2.44 bits per heavy atom. The maximum Gasteiger partial charge on any atom is 0.0406 e. The Labute approximate surface area is 104 Å². The number of halogens is 1. The molecule has 1 N–H and O–H groups in total. The van der Waals surface area contributed by atoms with E-state index in [1.807, 2.05) is 12.1 Å². The van der Waals surface area contributed by atoms with Crippen LogP contribution in [-0.2, 0) is 0 Å². The lowest BCUT2D eigenvalue weighted by molar-refractivity contribution is 0.543. The highest BCUT2D eigenvalue weighted by molar-refractivity contribution is 6.30. The predicted molar refractivity (Wildman–Crippen MR) is 71.9 cm³/mol. The maximum absolute atomic E-state index is 5.89. The molecule has 1 atom stereocenters. The molecule has 0 radical (unpaired) electrons. The molecule has 1 unspecified atom stereocenters. The van der Waals surface area contributed by atoms with Crippen LogP contribution in [0.1, 0.15) is 38.3 Å². The van der Waals surface area contributed by atoms with Gasteiger partial charge in [-0.15, -0.1) is 0 Å². The Balaban J connectivity index is 2.76. The van der Waals surface area contributed by atoms with Crippen molar-refractivity contribution in [3.05, 3.63) is 47.0 Å². The summed E-state index contributed by atoms with van der Waals surface area (Å²) in [6.45, 7) is 9.30. The molecule has 0 fully saturated rings. The second-order valence-corrected chi connectivity index (χ2v) is 4.41. The van der Waals surface area contributed by atoms with Gasteiger partial charge in [-0.25, -0.2) is 0 Å². The number of benzene rings is 1. The highest BCUT2D eigenvalue weighted by atomic mass is 35.5. The van der Waals surface area contributed by atoms with Crippen LogP contribution in [-0.4, -0.2) is 6.54 Å². The Hall–Kier alpha value is -0.790. The minimum atomic E-state index is 0.356. The van der Waals surface area contributed by atoms with Gasteiger partial charge >= 0.3 is 0 Å². The zero-order valence-electron chi connectivity index (χ0n) is 10.1. The van der Waals surface area contributed by atoms with Crippen molar-refractivity contribution in [3.8, 4) is 0 Å². The molecule has 0 amide bonds. The van der Waals surface area contributed by atoms with Gasteiger partial charge in [0.1, 0.15) is 0 Å². The van der Waals surface area contributed by atoms with Gasteiger partial charge in [-0.1, -0.05) is 49.7 Å². The van der Waals surface area contributed by atoms with Crippen molar-refractivity contribution in [2.45, 2.75) is 32.7 Å². The van der Waals surface area contributed by atoms with Crippen LogP contribution in [0, 0.1) is 0 Å². The lowest BCUT2D eigenvalue weighted by Gasteiger charge is -2.19. The van der Waals surface area contributed by atoms with Crippen molar-refractivity contribution in [2.24, 2.45) is 0 Å². The van der Waals surface area contributed by atoms with Crippen LogP contribution in [0.2, 0.25) is 5.02 Å². The highest BCUT2D eigenvalue weighted by Gasteiger charge is 2.10. The van der Waals surface area contributed by atoms with Gasteiger partial charge in [0.05, 0.1) is 0 Å². The van der Waals surface area contributed by atoms with Crippen LogP contribution in [0.25, 0.3) is 0 Å². The van der Waals surface area contributed by atoms with Gasteiger partial charge in [-0.05, 0) is 37.1 Å². The lowest BCUT2D eigenvalue weighted by atomic mass is 9.98. The minimum absolute atomic E-state index is 0.356. The first-order valence-corrected chi connectivity index (χ1v) is 6.20. The Morgan fingerprint density at radius 2 is 1.94 bits per heavy atom. The summed E-state index contributed by atoms with van der Waals surface area (Å²) in [5, 5.41) is 4.27. The molecule has 0 aliphatic carbocycles. The van der Waals surface area contributed by atoms with E-state index < -0.39 is 0 Å². The van der Waals surface area contributed by atoms with E-state index in [0.717, 1.165) is 24.4 Å². The van der Waals surface area contributed by atoms with E-state index in [9.17, 15) is 0 Å². The Kier molecular flexibility index (Phi) is 5.58. The quantitative estimate of drug-likeness (QED) is 0.726. The third-order valence-electron chi connectivity index (χ3n) is 2.72. The fourth-order valence-electron chi connectivity index (χ4n) is 1.68. The predicted octanol–water partition coefficient (Wildman–Crippen LogP) is 4.35. The molecule has 0 saturated carbocycles. The summed E-state index contributed by atoms with van der Waals surface area (Å²) in [4.78, 5) is 0. The fraction of sp³-hybridized carbons (Fsp3) is 0.429. The van der Waals surface area contributed by atoms with E-state index >= 15 is 0 Å². The first-order valence-electron chi connectivity index (χ1n) is 5.82. The summed E-state index contributed by atoms with van der Waals surface area (Å²) in [6, 6.07) is 8.40. The molecule has 16 heavy (non-hydrogen) atoms. The average molecular weight is 238 g/mol. The first-order chi connectivity index (χ1) is 7.67. The second kappa shape index (κ2) is 6.72. The molecule has 0 aliphatic heterocycles. The SMILES string of the molecule is C=C(CC)CC(NCC)c1ccc(Cl)cc1. The molecular formula is C14H20ClN. The standard InChI is InChI=1S/C14H20ClN/c1-4-11(3)10-14(16-5-2)12-6-8-13(15)9-7-12/h6-9,14,16H,3-5,10H2,1-2H3. The molecule has 1 aromatic rings. The van der Waals surface area contributed by atoms with Crippen LogP contribution in [0.4, 0.5) is 0 Å². The molecule has 0 aliphatic rings. The molecule has 1 nitrogen and oxygen atoms in total. The van der Waals surface area contributed by atoms with E-state index in [-0.39, 0.29) is 0 Å². The van der Waals surface area contributed by atoms with Gasteiger partial charge in [0.25, 0.3) is 0 Å². The summed E-state index contributed by atoms with van der Waals surface area (Å²) in [6.07, 6.45) is 2.03.